The molecular weight excluding hydrogens is 290 g/mol. The fraction of sp³-hybridized carbons (Fsp3) is 0.263. The fourth-order valence-corrected chi connectivity index (χ4v) is 2.29. The summed E-state index contributed by atoms with van der Waals surface area (Å²) in [5, 5.41) is 2.73. The first-order chi connectivity index (χ1) is 11.0. The number of hydrogen-bond acceptors (Lipinski definition) is 3. The molecule has 0 atom stereocenters. The number of rotatable bonds is 5. The van der Waals surface area contributed by atoms with Crippen LogP contribution in [0.2, 0.25) is 0 Å². The molecular formula is C19H21NO3. The van der Waals surface area contributed by atoms with Crippen LogP contribution in [-0.2, 0) is 4.79 Å². The predicted molar refractivity (Wildman–Crippen MR) is 89.7 cm³/mol. The van der Waals surface area contributed by atoms with E-state index in [2.05, 4.69) is 5.32 Å². The van der Waals surface area contributed by atoms with Crippen LogP contribution < -0.4 is 10.1 Å². The highest BCUT2D eigenvalue weighted by Gasteiger charge is 2.11. The lowest BCUT2D eigenvalue weighted by molar-refractivity contribution is -0.134. The van der Waals surface area contributed by atoms with E-state index in [9.17, 15) is 9.59 Å². The van der Waals surface area contributed by atoms with E-state index in [0.29, 0.717) is 11.3 Å². The van der Waals surface area contributed by atoms with Gasteiger partial charge in [0.15, 0.2) is 0 Å². The summed E-state index contributed by atoms with van der Waals surface area (Å²) in [7, 11) is 0. The molecule has 23 heavy (non-hydrogen) atoms. The van der Waals surface area contributed by atoms with Crippen LogP contribution in [0.4, 0.5) is 0 Å². The summed E-state index contributed by atoms with van der Waals surface area (Å²) < 4.78 is 5.39. The van der Waals surface area contributed by atoms with Gasteiger partial charge in [0, 0.05) is 12.1 Å². The number of benzene rings is 2. The molecule has 1 amide bonds. The van der Waals surface area contributed by atoms with Gasteiger partial charge in [0.1, 0.15) is 5.75 Å². The normalized spacial score (nSPS) is 10.2. The maximum Gasteiger partial charge on any atom is 0.312 e. The third-order valence-corrected chi connectivity index (χ3v) is 3.52. The Morgan fingerprint density at radius 1 is 1.00 bits per heavy atom. The Hall–Kier alpha value is -2.62. The molecule has 0 aliphatic heterocycles. The summed E-state index contributed by atoms with van der Waals surface area (Å²) in [6.07, 6.45) is 0.130. The van der Waals surface area contributed by atoms with E-state index in [-0.39, 0.29) is 24.8 Å². The van der Waals surface area contributed by atoms with Gasteiger partial charge in [0.2, 0.25) is 0 Å². The zero-order valence-corrected chi connectivity index (χ0v) is 13.7. The number of carbonyl (C=O) groups excluding carboxylic acids is 2. The van der Waals surface area contributed by atoms with Gasteiger partial charge in [0.25, 0.3) is 5.91 Å². The molecule has 4 nitrogen and oxygen atoms in total. The van der Waals surface area contributed by atoms with Gasteiger partial charge in [0.05, 0.1) is 6.42 Å². The number of hydrogen-bond donors (Lipinski definition) is 1. The zero-order chi connectivity index (χ0) is 16.8. The van der Waals surface area contributed by atoms with Crippen LogP contribution in [0.25, 0.3) is 0 Å². The Morgan fingerprint density at radius 3 is 2.30 bits per heavy atom. The van der Waals surface area contributed by atoms with Crippen molar-refractivity contribution >= 4 is 11.9 Å². The molecule has 2 aromatic rings. The van der Waals surface area contributed by atoms with Crippen LogP contribution >= 0.6 is 0 Å². The molecule has 0 aromatic heterocycles. The Labute approximate surface area is 136 Å². The standard InChI is InChI=1S/C19H21NO3/c1-13-6-4-9-16(12-13)19(22)20-11-10-17(21)23-18-14(2)7-5-8-15(18)3/h4-9,12H,10-11H2,1-3H3,(H,20,22). The largest absolute Gasteiger partial charge is 0.426 e. The zero-order valence-electron chi connectivity index (χ0n) is 13.7. The SMILES string of the molecule is Cc1cccc(C(=O)NCCC(=O)Oc2c(C)cccc2C)c1. The lowest BCUT2D eigenvalue weighted by atomic mass is 10.1. The van der Waals surface area contributed by atoms with Gasteiger partial charge in [-0.25, -0.2) is 0 Å². The van der Waals surface area contributed by atoms with Crippen LogP contribution in [0.5, 0.6) is 5.75 Å². The van der Waals surface area contributed by atoms with E-state index in [1.807, 2.05) is 57.2 Å². The van der Waals surface area contributed by atoms with E-state index in [4.69, 9.17) is 4.74 Å². The van der Waals surface area contributed by atoms with Crippen LogP contribution in [0.15, 0.2) is 42.5 Å². The van der Waals surface area contributed by atoms with Crippen molar-refractivity contribution in [1.82, 2.24) is 5.32 Å². The number of carbonyl (C=O) groups is 2. The van der Waals surface area contributed by atoms with Crippen LogP contribution in [-0.4, -0.2) is 18.4 Å². The minimum atomic E-state index is -0.355. The Morgan fingerprint density at radius 2 is 1.65 bits per heavy atom. The van der Waals surface area contributed by atoms with E-state index < -0.39 is 0 Å². The highest BCUT2D eigenvalue weighted by molar-refractivity contribution is 5.94. The number of nitrogens with one attached hydrogen (secondary N) is 1. The van der Waals surface area contributed by atoms with Crippen molar-refractivity contribution in [3.05, 3.63) is 64.7 Å². The second-order valence-electron chi connectivity index (χ2n) is 5.57. The molecule has 0 unspecified atom stereocenters. The second kappa shape index (κ2) is 7.58. The molecule has 0 radical (unpaired) electrons. The van der Waals surface area contributed by atoms with Crippen molar-refractivity contribution in [1.29, 1.82) is 0 Å². The van der Waals surface area contributed by atoms with Crippen molar-refractivity contribution in [3.8, 4) is 5.75 Å². The average molecular weight is 311 g/mol. The molecule has 0 heterocycles. The van der Waals surface area contributed by atoms with Crippen molar-refractivity contribution < 1.29 is 14.3 Å². The van der Waals surface area contributed by atoms with Gasteiger partial charge in [-0.1, -0.05) is 35.9 Å². The number of ether oxygens (including phenoxy) is 1. The van der Waals surface area contributed by atoms with E-state index in [1.54, 1.807) is 6.07 Å². The topological polar surface area (TPSA) is 55.4 Å². The second-order valence-corrected chi connectivity index (χ2v) is 5.57. The Balaban J connectivity index is 1.84. The molecule has 4 heteroatoms. The van der Waals surface area contributed by atoms with Crippen molar-refractivity contribution in [2.45, 2.75) is 27.2 Å². The molecule has 1 N–H and O–H groups in total. The first-order valence-corrected chi connectivity index (χ1v) is 7.59. The number of esters is 1. The van der Waals surface area contributed by atoms with Gasteiger partial charge in [-0.3, -0.25) is 9.59 Å². The summed E-state index contributed by atoms with van der Waals surface area (Å²) in [5.41, 5.74) is 3.45. The minimum absolute atomic E-state index is 0.130. The molecule has 0 fully saturated rings. The van der Waals surface area contributed by atoms with Crippen LogP contribution in [0, 0.1) is 20.8 Å². The van der Waals surface area contributed by atoms with Crippen LogP contribution in [0.1, 0.15) is 33.5 Å². The summed E-state index contributed by atoms with van der Waals surface area (Å²) in [6, 6.07) is 13.0. The molecule has 120 valence electrons. The van der Waals surface area contributed by atoms with Gasteiger partial charge < -0.3 is 10.1 Å². The molecule has 0 saturated carbocycles. The number of amides is 1. The maximum absolute atomic E-state index is 12.0. The maximum atomic E-state index is 12.0. The average Bonchev–Trinajstić information content (AvgIpc) is 2.51. The minimum Gasteiger partial charge on any atom is -0.426 e. The lowest BCUT2D eigenvalue weighted by Crippen LogP contribution is -2.27. The molecule has 0 bridgehead atoms. The highest BCUT2D eigenvalue weighted by Crippen LogP contribution is 2.22. The molecule has 0 spiro atoms. The van der Waals surface area contributed by atoms with Crippen molar-refractivity contribution in [2.24, 2.45) is 0 Å². The molecule has 0 aliphatic rings. The monoisotopic (exact) mass is 311 g/mol. The van der Waals surface area contributed by atoms with Crippen molar-refractivity contribution in [2.75, 3.05) is 6.54 Å². The smallest absolute Gasteiger partial charge is 0.312 e. The molecule has 2 rings (SSSR count). The molecule has 2 aromatic carbocycles. The van der Waals surface area contributed by atoms with Gasteiger partial charge in [-0.05, 0) is 44.0 Å². The summed E-state index contributed by atoms with van der Waals surface area (Å²) in [4.78, 5) is 23.9. The van der Waals surface area contributed by atoms with Gasteiger partial charge >= 0.3 is 5.97 Å². The summed E-state index contributed by atoms with van der Waals surface area (Å²) in [5.74, 6) is 0.0584. The first-order valence-electron chi connectivity index (χ1n) is 7.59. The lowest BCUT2D eigenvalue weighted by Gasteiger charge is -2.10. The molecule has 0 aliphatic carbocycles. The third-order valence-electron chi connectivity index (χ3n) is 3.52. The first kappa shape index (κ1) is 16.7. The quantitative estimate of drug-likeness (QED) is 0.680. The van der Waals surface area contributed by atoms with Crippen molar-refractivity contribution in [3.63, 3.8) is 0 Å². The Kier molecular flexibility index (Phi) is 5.52. The van der Waals surface area contributed by atoms with Crippen LogP contribution in [0.3, 0.4) is 0 Å². The Bertz CT molecular complexity index is 702. The number of para-hydroxylation sites is 1. The summed E-state index contributed by atoms with van der Waals surface area (Å²) >= 11 is 0. The predicted octanol–water partition coefficient (Wildman–Crippen LogP) is 3.34. The number of aryl methyl sites for hydroxylation is 3. The van der Waals surface area contributed by atoms with E-state index in [0.717, 1.165) is 16.7 Å². The van der Waals surface area contributed by atoms with Gasteiger partial charge in [-0.2, -0.15) is 0 Å². The fourth-order valence-electron chi connectivity index (χ4n) is 2.29. The van der Waals surface area contributed by atoms with Gasteiger partial charge in [-0.15, -0.1) is 0 Å². The molecule has 0 saturated heterocycles. The van der Waals surface area contributed by atoms with E-state index >= 15 is 0 Å². The van der Waals surface area contributed by atoms with E-state index in [1.165, 1.54) is 0 Å². The summed E-state index contributed by atoms with van der Waals surface area (Å²) in [6.45, 7) is 5.97. The highest BCUT2D eigenvalue weighted by atomic mass is 16.5. The third kappa shape index (κ3) is 4.68.